The first-order valence-corrected chi connectivity index (χ1v) is 9.35. The number of esters is 4. The summed E-state index contributed by atoms with van der Waals surface area (Å²) in [6.07, 6.45) is 3.54. The van der Waals surface area contributed by atoms with Crippen LogP contribution in [-0.4, -0.2) is 63.5 Å². The lowest BCUT2D eigenvalue weighted by molar-refractivity contribution is -0.163. The summed E-state index contributed by atoms with van der Waals surface area (Å²) >= 11 is 0. The maximum absolute atomic E-state index is 11.7. The molecule has 1 unspecified atom stereocenters. The Hall–Kier alpha value is -2.94. The average molecular weight is 426 g/mol. The standard InChI is InChI=1S/C21H30O9/c1-6-16(5)20(25)27-11-10-26-12-21(13-28-17(22)7-2,14-29-18(23)8-3)15-30-19(24)9-4/h7-9,16H,2-4,6,10-15H2,1,5H3. The lowest BCUT2D eigenvalue weighted by Crippen LogP contribution is -2.43. The van der Waals surface area contributed by atoms with E-state index in [1.807, 2.05) is 6.92 Å². The van der Waals surface area contributed by atoms with Gasteiger partial charge in [0, 0.05) is 18.2 Å². The van der Waals surface area contributed by atoms with E-state index in [0.717, 1.165) is 18.2 Å². The molecule has 0 aliphatic rings. The molecule has 0 amide bonds. The molecule has 0 heterocycles. The molecule has 0 saturated heterocycles. The number of ether oxygens (including phenoxy) is 5. The van der Waals surface area contributed by atoms with Crippen molar-refractivity contribution in [2.24, 2.45) is 11.3 Å². The maximum Gasteiger partial charge on any atom is 0.330 e. The zero-order valence-corrected chi connectivity index (χ0v) is 17.6. The fraction of sp³-hybridized carbons (Fsp3) is 0.524. The predicted molar refractivity (Wildman–Crippen MR) is 107 cm³/mol. The van der Waals surface area contributed by atoms with Gasteiger partial charge in [0.1, 0.15) is 26.4 Å². The van der Waals surface area contributed by atoms with Crippen LogP contribution in [0.2, 0.25) is 0 Å². The van der Waals surface area contributed by atoms with Gasteiger partial charge in [0.15, 0.2) is 0 Å². The van der Waals surface area contributed by atoms with Gasteiger partial charge in [-0.15, -0.1) is 0 Å². The van der Waals surface area contributed by atoms with Gasteiger partial charge in [0.2, 0.25) is 0 Å². The van der Waals surface area contributed by atoms with Gasteiger partial charge in [-0.1, -0.05) is 33.6 Å². The first kappa shape index (κ1) is 27.1. The molecule has 0 rings (SSSR count). The summed E-state index contributed by atoms with van der Waals surface area (Å²) in [6.45, 7) is 12.6. The third-order valence-electron chi connectivity index (χ3n) is 3.96. The predicted octanol–water partition coefficient (Wildman–Crippen LogP) is 1.77. The lowest BCUT2D eigenvalue weighted by atomic mass is 9.92. The Labute approximate surface area is 176 Å². The number of hydrogen-bond acceptors (Lipinski definition) is 9. The lowest BCUT2D eigenvalue weighted by Gasteiger charge is -2.31. The van der Waals surface area contributed by atoms with Gasteiger partial charge in [-0.2, -0.15) is 0 Å². The SMILES string of the molecule is C=CC(=O)OCC(COCCOC(=O)C(C)CC)(COC(=O)C=C)COC(=O)C=C. The van der Waals surface area contributed by atoms with E-state index in [1.165, 1.54) is 0 Å². The van der Waals surface area contributed by atoms with Crippen LogP contribution < -0.4 is 0 Å². The fourth-order valence-corrected chi connectivity index (χ4v) is 1.90. The van der Waals surface area contributed by atoms with Crippen molar-refractivity contribution >= 4 is 23.9 Å². The number of rotatable bonds is 16. The first-order chi connectivity index (χ1) is 14.2. The Kier molecular flexibility index (Phi) is 13.5. The third kappa shape index (κ3) is 11.2. The molecule has 0 aliphatic heterocycles. The molecule has 0 radical (unpaired) electrons. The van der Waals surface area contributed by atoms with Crippen molar-refractivity contribution in [1.29, 1.82) is 0 Å². The number of carbonyl (C=O) groups is 4. The van der Waals surface area contributed by atoms with Gasteiger partial charge in [-0.25, -0.2) is 14.4 Å². The van der Waals surface area contributed by atoms with Crippen LogP contribution in [-0.2, 0) is 42.9 Å². The molecule has 0 aromatic rings. The van der Waals surface area contributed by atoms with Crippen molar-refractivity contribution in [2.45, 2.75) is 20.3 Å². The second-order valence-corrected chi connectivity index (χ2v) is 6.46. The van der Waals surface area contributed by atoms with Crippen molar-refractivity contribution in [3.63, 3.8) is 0 Å². The number of carbonyl (C=O) groups excluding carboxylic acids is 4. The van der Waals surface area contributed by atoms with E-state index in [0.29, 0.717) is 6.42 Å². The maximum atomic E-state index is 11.7. The van der Waals surface area contributed by atoms with E-state index in [-0.39, 0.29) is 51.5 Å². The van der Waals surface area contributed by atoms with E-state index in [2.05, 4.69) is 19.7 Å². The second-order valence-electron chi connectivity index (χ2n) is 6.46. The van der Waals surface area contributed by atoms with Crippen LogP contribution in [0.4, 0.5) is 0 Å². The van der Waals surface area contributed by atoms with Gasteiger partial charge >= 0.3 is 23.9 Å². The summed E-state index contributed by atoms with van der Waals surface area (Å²) in [6, 6.07) is 0. The highest BCUT2D eigenvalue weighted by Crippen LogP contribution is 2.21. The molecule has 0 aromatic carbocycles. The van der Waals surface area contributed by atoms with Crippen molar-refractivity contribution < 1.29 is 42.9 Å². The normalized spacial score (nSPS) is 11.5. The van der Waals surface area contributed by atoms with Crippen LogP contribution in [0.25, 0.3) is 0 Å². The Morgan fingerprint density at radius 3 is 1.57 bits per heavy atom. The van der Waals surface area contributed by atoms with Gasteiger partial charge in [-0.3, -0.25) is 4.79 Å². The molecule has 9 heteroatoms. The van der Waals surface area contributed by atoms with Crippen molar-refractivity contribution in [1.82, 2.24) is 0 Å². The molecule has 9 nitrogen and oxygen atoms in total. The quantitative estimate of drug-likeness (QED) is 0.158. The highest BCUT2D eigenvalue weighted by molar-refractivity contribution is 5.82. The van der Waals surface area contributed by atoms with Gasteiger partial charge in [0.25, 0.3) is 0 Å². The van der Waals surface area contributed by atoms with E-state index in [9.17, 15) is 19.2 Å². The summed E-state index contributed by atoms with van der Waals surface area (Å²) in [4.78, 5) is 46.2. The Morgan fingerprint density at radius 2 is 1.20 bits per heavy atom. The Balaban J connectivity index is 5.11. The molecule has 0 spiro atoms. The highest BCUT2D eigenvalue weighted by atomic mass is 16.6. The minimum atomic E-state index is -1.21. The molecule has 0 aromatic heterocycles. The largest absolute Gasteiger partial charge is 0.463 e. The van der Waals surface area contributed by atoms with Gasteiger partial charge in [0.05, 0.1) is 24.5 Å². The van der Waals surface area contributed by atoms with Gasteiger partial charge < -0.3 is 23.7 Å². The zero-order valence-electron chi connectivity index (χ0n) is 17.6. The van der Waals surface area contributed by atoms with Crippen molar-refractivity contribution in [3.8, 4) is 0 Å². The Bertz CT molecular complexity index is 564. The third-order valence-corrected chi connectivity index (χ3v) is 3.96. The van der Waals surface area contributed by atoms with E-state index < -0.39 is 23.3 Å². The van der Waals surface area contributed by atoms with Crippen molar-refractivity contribution in [3.05, 3.63) is 38.0 Å². The number of hydrogen-bond donors (Lipinski definition) is 0. The monoisotopic (exact) mass is 426 g/mol. The second kappa shape index (κ2) is 15.0. The van der Waals surface area contributed by atoms with Crippen LogP contribution in [0.5, 0.6) is 0 Å². The van der Waals surface area contributed by atoms with Crippen LogP contribution in [0.3, 0.4) is 0 Å². The molecule has 168 valence electrons. The molecule has 0 aliphatic carbocycles. The van der Waals surface area contributed by atoms with Crippen LogP contribution in [0, 0.1) is 11.3 Å². The molecule has 0 bridgehead atoms. The molecule has 0 N–H and O–H groups in total. The summed E-state index contributed by atoms with van der Waals surface area (Å²) in [5.74, 6) is -2.71. The first-order valence-electron chi connectivity index (χ1n) is 9.35. The highest BCUT2D eigenvalue weighted by Gasteiger charge is 2.36. The van der Waals surface area contributed by atoms with Crippen LogP contribution in [0.1, 0.15) is 20.3 Å². The van der Waals surface area contributed by atoms with Crippen LogP contribution in [0.15, 0.2) is 38.0 Å². The Morgan fingerprint density at radius 1 is 0.767 bits per heavy atom. The summed E-state index contributed by atoms with van der Waals surface area (Å²) in [7, 11) is 0. The molecule has 0 fully saturated rings. The molecular formula is C21H30O9. The van der Waals surface area contributed by atoms with E-state index in [1.54, 1.807) is 6.92 Å². The minimum absolute atomic E-state index is 0.00455. The van der Waals surface area contributed by atoms with Crippen LogP contribution >= 0.6 is 0 Å². The topological polar surface area (TPSA) is 114 Å². The summed E-state index contributed by atoms with van der Waals surface area (Å²) < 4.78 is 25.8. The molecule has 30 heavy (non-hydrogen) atoms. The summed E-state index contributed by atoms with van der Waals surface area (Å²) in [5.41, 5.74) is -1.21. The van der Waals surface area contributed by atoms with Gasteiger partial charge in [-0.05, 0) is 6.42 Å². The minimum Gasteiger partial charge on any atom is -0.463 e. The molecule has 0 saturated carbocycles. The fourth-order valence-electron chi connectivity index (χ4n) is 1.90. The average Bonchev–Trinajstić information content (AvgIpc) is 2.77. The molecule has 1 atom stereocenters. The smallest absolute Gasteiger partial charge is 0.330 e. The van der Waals surface area contributed by atoms with Crippen molar-refractivity contribution in [2.75, 3.05) is 39.6 Å². The zero-order chi connectivity index (χ0) is 23.0. The van der Waals surface area contributed by atoms with E-state index >= 15 is 0 Å². The van der Waals surface area contributed by atoms with E-state index in [4.69, 9.17) is 23.7 Å². The summed E-state index contributed by atoms with van der Waals surface area (Å²) in [5, 5.41) is 0. The molecular weight excluding hydrogens is 396 g/mol.